The number of rotatable bonds is 7. The van der Waals surface area contributed by atoms with Crippen LogP contribution < -0.4 is 5.32 Å². The Balaban J connectivity index is 1.44. The van der Waals surface area contributed by atoms with Crippen molar-refractivity contribution in [2.24, 2.45) is 0 Å². The molecule has 26 heavy (non-hydrogen) atoms. The summed E-state index contributed by atoms with van der Waals surface area (Å²) in [6.45, 7) is 10.3. The predicted molar refractivity (Wildman–Crippen MR) is 104 cm³/mol. The summed E-state index contributed by atoms with van der Waals surface area (Å²) < 4.78 is 1.96. The van der Waals surface area contributed by atoms with Crippen LogP contribution in [0.25, 0.3) is 0 Å². The normalized spacial score (nSPS) is 15.9. The van der Waals surface area contributed by atoms with Gasteiger partial charge in [0.05, 0.1) is 12.7 Å². The molecule has 0 spiro atoms. The third-order valence-electron chi connectivity index (χ3n) is 4.92. The van der Waals surface area contributed by atoms with Crippen LogP contribution in [0.3, 0.4) is 0 Å². The molecule has 1 aromatic carbocycles. The van der Waals surface area contributed by atoms with Crippen LogP contribution in [0.5, 0.6) is 0 Å². The average Bonchev–Trinajstić information content (AvgIpc) is 3.11. The number of aryl methyl sites for hydroxylation is 2. The zero-order valence-electron chi connectivity index (χ0n) is 15.8. The maximum Gasteiger partial charge on any atom is 0.238 e. The molecule has 0 radical (unpaired) electrons. The van der Waals surface area contributed by atoms with E-state index in [9.17, 15) is 4.79 Å². The van der Waals surface area contributed by atoms with E-state index in [1.165, 1.54) is 11.1 Å². The zero-order chi connectivity index (χ0) is 18.4. The average molecular weight is 355 g/mol. The Morgan fingerprint density at radius 3 is 2.54 bits per heavy atom. The lowest BCUT2D eigenvalue weighted by Crippen LogP contribution is -2.48. The minimum Gasteiger partial charge on any atom is -0.325 e. The Hall–Kier alpha value is -2.18. The van der Waals surface area contributed by atoms with Crippen molar-refractivity contribution in [1.82, 2.24) is 19.6 Å². The lowest BCUT2D eigenvalue weighted by atomic mass is 10.1. The number of hydrogen-bond donors (Lipinski definition) is 1. The van der Waals surface area contributed by atoms with Crippen molar-refractivity contribution >= 4 is 11.6 Å². The van der Waals surface area contributed by atoms with Crippen molar-refractivity contribution < 1.29 is 4.79 Å². The first kappa shape index (κ1) is 18.6. The number of para-hydroxylation sites is 1. The van der Waals surface area contributed by atoms with Gasteiger partial charge in [0.1, 0.15) is 0 Å². The van der Waals surface area contributed by atoms with Crippen molar-refractivity contribution in [3.05, 3.63) is 47.8 Å². The number of nitrogens with zero attached hydrogens (tertiary/aromatic N) is 4. The standard InChI is InChI=1S/C20H29N5O/c1-3-18-7-5-6-8-19(18)22-20(26)16-24-11-9-23(10-12-24)14-17-13-21-25(4-2)15-17/h5-8,13,15H,3-4,9-12,14,16H2,1-2H3,(H,22,26). The summed E-state index contributed by atoms with van der Waals surface area (Å²) >= 11 is 0. The molecular weight excluding hydrogens is 326 g/mol. The first-order valence-electron chi connectivity index (χ1n) is 9.51. The van der Waals surface area contributed by atoms with Crippen LogP contribution in [-0.2, 0) is 24.3 Å². The molecule has 1 aliphatic rings. The van der Waals surface area contributed by atoms with E-state index in [0.29, 0.717) is 6.54 Å². The summed E-state index contributed by atoms with van der Waals surface area (Å²) in [5.74, 6) is 0.0728. The molecule has 0 aliphatic carbocycles. The van der Waals surface area contributed by atoms with Gasteiger partial charge >= 0.3 is 0 Å². The number of piperazine rings is 1. The molecule has 3 rings (SSSR count). The molecule has 2 aromatic rings. The predicted octanol–water partition coefficient (Wildman–Crippen LogP) is 2.22. The fraction of sp³-hybridized carbons (Fsp3) is 0.500. The largest absolute Gasteiger partial charge is 0.325 e. The van der Waals surface area contributed by atoms with Crippen molar-refractivity contribution in [2.75, 3.05) is 38.0 Å². The van der Waals surface area contributed by atoms with Crippen LogP contribution >= 0.6 is 0 Å². The van der Waals surface area contributed by atoms with Crippen LogP contribution in [-0.4, -0.2) is 58.2 Å². The maximum absolute atomic E-state index is 12.4. The molecular formula is C20H29N5O. The summed E-state index contributed by atoms with van der Waals surface area (Å²) in [5, 5.41) is 7.40. The van der Waals surface area contributed by atoms with Gasteiger partial charge in [0.15, 0.2) is 0 Å². The molecule has 140 valence electrons. The Bertz CT molecular complexity index is 718. The van der Waals surface area contributed by atoms with Crippen LogP contribution in [0.4, 0.5) is 5.69 Å². The SMILES string of the molecule is CCc1ccccc1NC(=O)CN1CCN(Cc2cnn(CC)c2)CC1. The van der Waals surface area contributed by atoms with Gasteiger partial charge in [-0.05, 0) is 25.0 Å². The van der Waals surface area contributed by atoms with E-state index in [1.807, 2.05) is 29.1 Å². The molecule has 0 atom stereocenters. The van der Waals surface area contributed by atoms with E-state index < -0.39 is 0 Å². The molecule has 1 amide bonds. The number of amides is 1. The number of nitrogens with one attached hydrogen (secondary N) is 1. The van der Waals surface area contributed by atoms with Crippen LogP contribution in [0, 0.1) is 0 Å². The van der Waals surface area contributed by atoms with Gasteiger partial charge in [-0.25, -0.2) is 0 Å². The van der Waals surface area contributed by atoms with Gasteiger partial charge in [-0.2, -0.15) is 5.10 Å². The summed E-state index contributed by atoms with van der Waals surface area (Å²) in [5.41, 5.74) is 3.37. The van der Waals surface area contributed by atoms with Gasteiger partial charge in [0.25, 0.3) is 0 Å². The van der Waals surface area contributed by atoms with Gasteiger partial charge in [-0.15, -0.1) is 0 Å². The Morgan fingerprint density at radius 1 is 1.12 bits per heavy atom. The monoisotopic (exact) mass is 355 g/mol. The van der Waals surface area contributed by atoms with Gasteiger partial charge in [-0.3, -0.25) is 19.3 Å². The topological polar surface area (TPSA) is 53.4 Å². The summed E-state index contributed by atoms with van der Waals surface area (Å²) in [4.78, 5) is 17.0. The summed E-state index contributed by atoms with van der Waals surface area (Å²) in [6.07, 6.45) is 4.99. The smallest absolute Gasteiger partial charge is 0.238 e. The second-order valence-electron chi connectivity index (χ2n) is 6.82. The number of anilines is 1. The van der Waals surface area contributed by atoms with Crippen LogP contribution in [0.2, 0.25) is 0 Å². The van der Waals surface area contributed by atoms with Crippen molar-refractivity contribution in [3.8, 4) is 0 Å². The first-order valence-corrected chi connectivity index (χ1v) is 9.51. The van der Waals surface area contributed by atoms with E-state index in [4.69, 9.17) is 0 Å². The molecule has 2 heterocycles. The highest BCUT2D eigenvalue weighted by molar-refractivity contribution is 5.93. The Morgan fingerprint density at radius 2 is 1.85 bits per heavy atom. The van der Waals surface area contributed by atoms with E-state index in [-0.39, 0.29) is 5.91 Å². The van der Waals surface area contributed by atoms with E-state index >= 15 is 0 Å². The highest BCUT2D eigenvalue weighted by Gasteiger charge is 2.19. The van der Waals surface area contributed by atoms with Gasteiger partial charge in [-0.1, -0.05) is 25.1 Å². The minimum absolute atomic E-state index is 0.0728. The third kappa shape index (κ3) is 4.93. The quantitative estimate of drug-likeness (QED) is 0.827. The van der Waals surface area contributed by atoms with Crippen LogP contribution in [0.1, 0.15) is 25.0 Å². The minimum atomic E-state index is 0.0728. The molecule has 6 heteroatoms. The number of hydrogen-bond acceptors (Lipinski definition) is 4. The van der Waals surface area contributed by atoms with Gasteiger partial charge in [0.2, 0.25) is 5.91 Å². The molecule has 1 aliphatic heterocycles. The van der Waals surface area contributed by atoms with Crippen LogP contribution in [0.15, 0.2) is 36.7 Å². The molecule has 1 saturated heterocycles. The highest BCUT2D eigenvalue weighted by atomic mass is 16.2. The summed E-state index contributed by atoms with van der Waals surface area (Å²) in [6, 6.07) is 8.02. The molecule has 0 unspecified atom stereocenters. The van der Waals surface area contributed by atoms with E-state index in [0.717, 1.165) is 51.4 Å². The van der Waals surface area contributed by atoms with E-state index in [1.54, 1.807) is 0 Å². The van der Waals surface area contributed by atoms with Crippen molar-refractivity contribution in [2.45, 2.75) is 33.4 Å². The maximum atomic E-state index is 12.4. The molecule has 6 nitrogen and oxygen atoms in total. The molecule has 1 fully saturated rings. The van der Waals surface area contributed by atoms with E-state index in [2.05, 4.69) is 46.3 Å². The number of carbonyl (C=O) groups excluding carboxylic acids is 1. The molecule has 0 saturated carbocycles. The molecule has 1 aromatic heterocycles. The number of carbonyl (C=O) groups is 1. The highest BCUT2D eigenvalue weighted by Crippen LogP contribution is 2.15. The number of aromatic nitrogens is 2. The Kier molecular flexibility index (Phi) is 6.41. The summed E-state index contributed by atoms with van der Waals surface area (Å²) in [7, 11) is 0. The van der Waals surface area contributed by atoms with Crippen molar-refractivity contribution in [1.29, 1.82) is 0 Å². The lowest BCUT2D eigenvalue weighted by molar-refractivity contribution is -0.117. The Labute approximate surface area is 155 Å². The second kappa shape index (κ2) is 8.96. The van der Waals surface area contributed by atoms with Gasteiger partial charge < -0.3 is 5.32 Å². The fourth-order valence-corrected chi connectivity index (χ4v) is 3.37. The molecule has 0 bridgehead atoms. The van der Waals surface area contributed by atoms with Gasteiger partial charge in [0, 0.05) is 56.7 Å². The second-order valence-corrected chi connectivity index (χ2v) is 6.82. The zero-order valence-corrected chi connectivity index (χ0v) is 15.8. The fourth-order valence-electron chi connectivity index (χ4n) is 3.37. The van der Waals surface area contributed by atoms with Crippen molar-refractivity contribution in [3.63, 3.8) is 0 Å². The molecule has 1 N–H and O–H groups in total. The first-order chi connectivity index (χ1) is 12.7. The third-order valence-corrected chi connectivity index (χ3v) is 4.92. The number of benzene rings is 1. The lowest BCUT2D eigenvalue weighted by Gasteiger charge is -2.34.